The predicted molar refractivity (Wildman–Crippen MR) is 57.8 cm³/mol. The number of hydrogen-bond donors (Lipinski definition) is 1. The van der Waals surface area contributed by atoms with Gasteiger partial charge in [0.25, 0.3) is 0 Å². The van der Waals surface area contributed by atoms with E-state index in [1.807, 2.05) is 7.05 Å². The molecule has 15 heavy (non-hydrogen) atoms. The molecule has 0 bridgehead atoms. The zero-order valence-electron chi connectivity index (χ0n) is 9.19. The number of rotatable bonds is 5. The van der Waals surface area contributed by atoms with E-state index in [1.165, 1.54) is 12.1 Å². The maximum atomic E-state index is 12.9. The Kier molecular flexibility index (Phi) is 4.69. The molecule has 0 spiro atoms. The van der Waals surface area contributed by atoms with Gasteiger partial charge in [-0.3, -0.25) is 0 Å². The lowest BCUT2D eigenvalue weighted by Gasteiger charge is -2.15. The number of benzene rings is 1. The van der Waals surface area contributed by atoms with Crippen molar-refractivity contribution in [2.24, 2.45) is 0 Å². The van der Waals surface area contributed by atoms with E-state index in [-0.39, 0.29) is 0 Å². The Hall–Kier alpha value is -0.960. The van der Waals surface area contributed by atoms with Crippen LogP contribution in [0.2, 0.25) is 0 Å². The van der Waals surface area contributed by atoms with Gasteiger partial charge in [-0.05, 0) is 37.6 Å². The molecule has 84 valence electrons. The van der Waals surface area contributed by atoms with Crippen LogP contribution in [-0.4, -0.2) is 13.1 Å². The van der Waals surface area contributed by atoms with E-state index in [9.17, 15) is 8.78 Å². The predicted octanol–water partition coefficient (Wildman–Crippen LogP) is 2.90. The van der Waals surface area contributed by atoms with Crippen molar-refractivity contribution in [2.45, 2.75) is 32.2 Å². The number of likely N-dealkylation sites (N-methyl/N-ethyl adjacent to an activating group) is 1. The zero-order valence-corrected chi connectivity index (χ0v) is 9.19. The van der Waals surface area contributed by atoms with Gasteiger partial charge in [-0.1, -0.05) is 19.4 Å². The van der Waals surface area contributed by atoms with E-state index in [0.717, 1.165) is 24.8 Å². The van der Waals surface area contributed by atoms with Crippen molar-refractivity contribution < 1.29 is 8.78 Å². The monoisotopic (exact) mass is 213 g/mol. The highest BCUT2D eigenvalue weighted by molar-refractivity contribution is 5.18. The molecule has 1 N–H and O–H groups in total. The van der Waals surface area contributed by atoms with Gasteiger partial charge in [0.15, 0.2) is 11.6 Å². The summed E-state index contributed by atoms with van der Waals surface area (Å²) in [5.41, 5.74) is 0.835. The Morgan fingerprint density at radius 3 is 2.53 bits per heavy atom. The van der Waals surface area contributed by atoms with Crippen LogP contribution in [0.4, 0.5) is 8.78 Å². The van der Waals surface area contributed by atoms with Crippen molar-refractivity contribution >= 4 is 0 Å². The first-order chi connectivity index (χ1) is 7.17. The molecule has 0 aliphatic rings. The van der Waals surface area contributed by atoms with Gasteiger partial charge >= 0.3 is 0 Å². The molecular weight excluding hydrogens is 196 g/mol. The summed E-state index contributed by atoms with van der Waals surface area (Å²) in [6, 6.07) is 4.43. The normalized spacial score (nSPS) is 12.8. The molecule has 0 aliphatic heterocycles. The van der Waals surface area contributed by atoms with Crippen molar-refractivity contribution in [1.82, 2.24) is 5.32 Å². The molecule has 3 heteroatoms. The Labute approximate surface area is 89.5 Å². The van der Waals surface area contributed by atoms with E-state index in [1.54, 1.807) is 6.07 Å². The first-order valence-electron chi connectivity index (χ1n) is 5.28. The van der Waals surface area contributed by atoms with Crippen LogP contribution in [0.15, 0.2) is 18.2 Å². The molecular formula is C12H17F2N. The van der Waals surface area contributed by atoms with Crippen LogP contribution in [0.25, 0.3) is 0 Å². The highest BCUT2D eigenvalue weighted by Crippen LogP contribution is 2.12. The van der Waals surface area contributed by atoms with Crippen LogP contribution in [-0.2, 0) is 6.42 Å². The summed E-state index contributed by atoms with van der Waals surface area (Å²) in [4.78, 5) is 0. The van der Waals surface area contributed by atoms with Gasteiger partial charge in [0.1, 0.15) is 0 Å². The number of halogens is 2. The highest BCUT2D eigenvalue weighted by atomic mass is 19.2. The minimum Gasteiger partial charge on any atom is -0.317 e. The van der Waals surface area contributed by atoms with E-state index in [4.69, 9.17) is 0 Å². The smallest absolute Gasteiger partial charge is 0.159 e. The molecule has 1 nitrogen and oxygen atoms in total. The largest absolute Gasteiger partial charge is 0.317 e. The van der Waals surface area contributed by atoms with Crippen LogP contribution in [0.1, 0.15) is 25.3 Å². The lowest BCUT2D eigenvalue weighted by molar-refractivity contribution is 0.495. The molecule has 1 rings (SSSR count). The summed E-state index contributed by atoms with van der Waals surface area (Å²) >= 11 is 0. The van der Waals surface area contributed by atoms with Crippen LogP contribution in [0.5, 0.6) is 0 Å². The summed E-state index contributed by atoms with van der Waals surface area (Å²) in [6.45, 7) is 2.11. The highest BCUT2D eigenvalue weighted by Gasteiger charge is 2.08. The van der Waals surface area contributed by atoms with Gasteiger partial charge < -0.3 is 5.32 Å². The fourth-order valence-corrected chi connectivity index (χ4v) is 1.65. The Balaban J connectivity index is 2.66. The van der Waals surface area contributed by atoms with Gasteiger partial charge in [0.05, 0.1) is 0 Å². The third-order valence-electron chi connectivity index (χ3n) is 2.51. The van der Waals surface area contributed by atoms with Crippen molar-refractivity contribution in [2.75, 3.05) is 7.05 Å². The van der Waals surface area contributed by atoms with Crippen LogP contribution >= 0.6 is 0 Å². The quantitative estimate of drug-likeness (QED) is 0.793. The molecule has 0 fully saturated rings. The second-order valence-electron chi connectivity index (χ2n) is 3.73. The summed E-state index contributed by atoms with van der Waals surface area (Å²) in [7, 11) is 1.89. The third-order valence-corrected chi connectivity index (χ3v) is 2.51. The molecule has 0 aromatic heterocycles. The lowest BCUT2D eigenvalue weighted by Crippen LogP contribution is -2.27. The van der Waals surface area contributed by atoms with Gasteiger partial charge in [0, 0.05) is 6.04 Å². The van der Waals surface area contributed by atoms with Crippen molar-refractivity contribution in [3.8, 4) is 0 Å². The number of hydrogen-bond acceptors (Lipinski definition) is 1. The van der Waals surface area contributed by atoms with Crippen LogP contribution in [0.3, 0.4) is 0 Å². The van der Waals surface area contributed by atoms with E-state index in [0.29, 0.717) is 6.04 Å². The molecule has 0 radical (unpaired) electrons. The molecule has 0 amide bonds. The summed E-state index contributed by atoms with van der Waals surface area (Å²) in [5, 5.41) is 3.17. The fraction of sp³-hybridized carbons (Fsp3) is 0.500. The molecule has 1 atom stereocenters. The minimum absolute atomic E-state index is 0.333. The maximum Gasteiger partial charge on any atom is 0.159 e. The third kappa shape index (κ3) is 3.59. The summed E-state index contributed by atoms with van der Waals surface area (Å²) < 4.78 is 25.6. The average molecular weight is 213 g/mol. The average Bonchev–Trinajstić information content (AvgIpc) is 2.23. The molecule has 1 aromatic carbocycles. The Bertz CT molecular complexity index is 312. The molecule has 0 aliphatic carbocycles. The minimum atomic E-state index is -0.782. The van der Waals surface area contributed by atoms with Gasteiger partial charge in [0.2, 0.25) is 0 Å². The second kappa shape index (κ2) is 5.81. The fourth-order valence-electron chi connectivity index (χ4n) is 1.65. The SMILES string of the molecule is CCCC(Cc1ccc(F)c(F)c1)NC. The zero-order chi connectivity index (χ0) is 11.3. The van der Waals surface area contributed by atoms with Gasteiger partial charge in [-0.15, -0.1) is 0 Å². The first kappa shape index (κ1) is 12.1. The molecule has 0 heterocycles. The van der Waals surface area contributed by atoms with Crippen LogP contribution < -0.4 is 5.32 Å². The van der Waals surface area contributed by atoms with Crippen molar-refractivity contribution in [3.05, 3.63) is 35.4 Å². The maximum absolute atomic E-state index is 12.9. The molecule has 1 aromatic rings. The van der Waals surface area contributed by atoms with Crippen LogP contribution in [0, 0.1) is 11.6 Å². The lowest BCUT2D eigenvalue weighted by atomic mass is 10.0. The summed E-state index contributed by atoms with van der Waals surface area (Å²) in [6.07, 6.45) is 2.85. The first-order valence-corrected chi connectivity index (χ1v) is 5.28. The second-order valence-corrected chi connectivity index (χ2v) is 3.73. The van der Waals surface area contributed by atoms with Gasteiger partial charge in [-0.2, -0.15) is 0 Å². The topological polar surface area (TPSA) is 12.0 Å². The standard InChI is InChI=1S/C12H17F2N/c1-3-4-10(15-2)7-9-5-6-11(13)12(14)8-9/h5-6,8,10,15H,3-4,7H2,1-2H3. The van der Waals surface area contributed by atoms with E-state index >= 15 is 0 Å². The molecule has 1 unspecified atom stereocenters. The molecule has 0 saturated carbocycles. The molecule has 0 saturated heterocycles. The van der Waals surface area contributed by atoms with E-state index < -0.39 is 11.6 Å². The number of nitrogens with one attached hydrogen (secondary N) is 1. The van der Waals surface area contributed by atoms with Crippen molar-refractivity contribution in [1.29, 1.82) is 0 Å². The van der Waals surface area contributed by atoms with Crippen molar-refractivity contribution in [3.63, 3.8) is 0 Å². The van der Waals surface area contributed by atoms with Gasteiger partial charge in [-0.25, -0.2) is 8.78 Å². The summed E-state index contributed by atoms with van der Waals surface area (Å²) in [5.74, 6) is -1.55. The Morgan fingerprint density at radius 1 is 1.27 bits per heavy atom. The van der Waals surface area contributed by atoms with E-state index in [2.05, 4.69) is 12.2 Å². The Morgan fingerprint density at radius 2 is 2.00 bits per heavy atom.